The van der Waals surface area contributed by atoms with Crippen molar-refractivity contribution in [1.82, 2.24) is 4.90 Å². The predicted octanol–water partition coefficient (Wildman–Crippen LogP) is 2.43. The number of nitrogens with zero attached hydrogens (tertiary/aromatic N) is 2. The van der Waals surface area contributed by atoms with Crippen LogP contribution >= 0.6 is 0 Å². The minimum absolute atomic E-state index is 0.413. The minimum atomic E-state index is -0.413. The highest BCUT2D eigenvalue weighted by Gasteiger charge is 2.18. The van der Waals surface area contributed by atoms with Crippen molar-refractivity contribution in [3.05, 3.63) is 0 Å². The van der Waals surface area contributed by atoms with Crippen LogP contribution in [0.2, 0.25) is 0 Å². The molecule has 0 bridgehead atoms. The summed E-state index contributed by atoms with van der Waals surface area (Å²) in [7, 11) is 0. The molecule has 0 saturated carbocycles. The molecule has 3 nitrogen and oxygen atoms in total. The number of ether oxygens (including phenoxy) is 1. The highest BCUT2D eigenvalue weighted by molar-refractivity contribution is 5.13. The number of hydrogen-bond acceptors (Lipinski definition) is 3. The van der Waals surface area contributed by atoms with E-state index in [9.17, 15) is 0 Å². The van der Waals surface area contributed by atoms with E-state index in [2.05, 4.69) is 43.6 Å². The zero-order valence-corrected chi connectivity index (χ0v) is 11.5. The van der Waals surface area contributed by atoms with Crippen molar-refractivity contribution in [2.75, 3.05) is 26.2 Å². The van der Waals surface area contributed by atoms with Crippen molar-refractivity contribution in [2.45, 2.75) is 46.1 Å². The van der Waals surface area contributed by atoms with E-state index in [0.717, 1.165) is 26.1 Å². The summed E-state index contributed by atoms with van der Waals surface area (Å²) < 4.78 is 5.65. The maximum absolute atomic E-state index is 8.48. The van der Waals surface area contributed by atoms with Gasteiger partial charge in [0.1, 0.15) is 5.60 Å². The first-order valence-corrected chi connectivity index (χ1v) is 6.35. The van der Waals surface area contributed by atoms with Crippen molar-refractivity contribution < 1.29 is 4.74 Å². The van der Waals surface area contributed by atoms with Gasteiger partial charge in [0, 0.05) is 0 Å². The van der Waals surface area contributed by atoms with Crippen LogP contribution in [-0.4, -0.2) is 36.7 Å². The van der Waals surface area contributed by atoms with Crippen LogP contribution < -0.4 is 0 Å². The van der Waals surface area contributed by atoms with Gasteiger partial charge < -0.3 is 4.74 Å². The molecule has 0 N–H and O–H groups in total. The SMILES string of the molecule is CCN(CC)CC#CC(C)(CC)OCCC#N. The van der Waals surface area contributed by atoms with Crippen LogP contribution in [0.4, 0.5) is 0 Å². The van der Waals surface area contributed by atoms with Crippen LogP contribution in [0.15, 0.2) is 0 Å². The third-order valence-corrected chi connectivity index (χ3v) is 2.86. The van der Waals surface area contributed by atoms with E-state index in [1.54, 1.807) is 0 Å². The van der Waals surface area contributed by atoms with Crippen molar-refractivity contribution in [3.63, 3.8) is 0 Å². The average molecular weight is 236 g/mol. The Morgan fingerprint density at radius 3 is 2.35 bits per heavy atom. The zero-order valence-electron chi connectivity index (χ0n) is 11.5. The summed E-state index contributed by atoms with van der Waals surface area (Å²) in [5.41, 5.74) is -0.413. The second-order valence-electron chi connectivity index (χ2n) is 4.10. The minimum Gasteiger partial charge on any atom is -0.362 e. The highest BCUT2D eigenvalue weighted by Crippen LogP contribution is 2.13. The van der Waals surface area contributed by atoms with E-state index >= 15 is 0 Å². The Hall–Kier alpha value is -1.03. The molecule has 0 rings (SSSR count). The lowest BCUT2D eigenvalue weighted by Crippen LogP contribution is -2.27. The Morgan fingerprint density at radius 2 is 1.88 bits per heavy atom. The quantitative estimate of drug-likeness (QED) is 0.503. The second-order valence-corrected chi connectivity index (χ2v) is 4.10. The van der Waals surface area contributed by atoms with Gasteiger partial charge in [-0.05, 0) is 26.4 Å². The lowest BCUT2D eigenvalue weighted by atomic mass is 10.0. The lowest BCUT2D eigenvalue weighted by Gasteiger charge is -2.22. The molecule has 0 aliphatic rings. The van der Waals surface area contributed by atoms with Crippen LogP contribution in [0, 0.1) is 23.2 Å². The largest absolute Gasteiger partial charge is 0.362 e. The van der Waals surface area contributed by atoms with Crippen LogP contribution in [0.1, 0.15) is 40.5 Å². The summed E-state index contributed by atoms with van der Waals surface area (Å²) in [6.45, 7) is 11.6. The van der Waals surface area contributed by atoms with E-state index in [-0.39, 0.29) is 0 Å². The van der Waals surface area contributed by atoms with Gasteiger partial charge in [-0.25, -0.2) is 0 Å². The first-order chi connectivity index (χ1) is 8.11. The highest BCUT2D eigenvalue weighted by atomic mass is 16.5. The molecule has 0 aliphatic carbocycles. The van der Waals surface area contributed by atoms with E-state index in [4.69, 9.17) is 10.00 Å². The van der Waals surface area contributed by atoms with Gasteiger partial charge in [0.25, 0.3) is 0 Å². The molecule has 0 aliphatic heterocycles. The Bertz CT molecular complexity index is 294. The van der Waals surface area contributed by atoms with Gasteiger partial charge in [0.2, 0.25) is 0 Å². The first-order valence-electron chi connectivity index (χ1n) is 6.35. The molecule has 1 unspecified atom stereocenters. The molecular weight excluding hydrogens is 212 g/mol. The summed E-state index contributed by atoms with van der Waals surface area (Å²) in [5.74, 6) is 6.35. The number of rotatable bonds is 7. The predicted molar refractivity (Wildman–Crippen MR) is 70.4 cm³/mol. The summed E-state index contributed by atoms with van der Waals surface area (Å²) >= 11 is 0. The fraction of sp³-hybridized carbons (Fsp3) is 0.786. The normalized spacial score (nSPS) is 13.6. The van der Waals surface area contributed by atoms with Gasteiger partial charge in [0.05, 0.1) is 25.6 Å². The van der Waals surface area contributed by atoms with E-state index in [1.807, 2.05) is 6.92 Å². The Labute approximate surface area is 106 Å². The van der Waals surface area contributed by atoms with Crippen LogP contribution in [0.3, 0.4) is 0 Å². The molecule has 0 heterocycles. The van der Waals surface area contributed by atoms with Crippen LogP contribution in [0.5, 0.6) is 0 Å². The maximum Gasteiger partial charge on any atom is 0.125 e. The van der Waals surface area contributed by atoms with E-state index in [1.165, 1.54) is 0 Å². The maximum atomic E-state index is 8.48. The first kappa shape index (κ1) is 16.0. The number of nitriles is 1. The van der Waals surface area contributed by atoms with Crippen LogP contribution in [0.25, 0.3) is 0 Å². The van der Waals surface area contributed by atoms with Crippen molar-refractivity contribution >= 4 is 0 Å². The molecule has 0 saturated heterocycles. The molecule has 17 heavy (non-hydrogen) atoms. The summed E-state index contributed by atoms with van der Waals surface area (Å²) in [5, 5.41) is 8.48. The number of hydrogen-bond donors (Lipinski definition) is 0. The molecule has 0 aromatic carbocycles. The van der Waals surface area contributed by atoms with E-state index < -0.39 is 5.60 Å². The molecule has 3 heteroatoms. The van der Waals surface area contributed by atoms with Crippen molar-refractivity contribution in [3.8, 4) is 17.9 Å². The van der Waals surface area contributed by atoms with Crippen LogP contribution in [-0.2, 0) is 4.74 Å². The van der Waals surface area contributed by atoms with Gasteiger partial charge in [-0.3, -0.25) is 4.90 Å². The fourth-order valence-electron chi connectivity index (χ4n) is 1.33. The van der Waals surface area contributed by atoms with E-state index in [0.29, 0.717) is 13.0 Å². The standard InChI is InChI=1S/C14H24N2O/c1-5-14(4,17-13-9-11-15)10-8-12-16(6-2)7-3/h5-7,9,12-13H2,1-4H3. The lowest BCUT2D eigenvalue weighted by molar-refractivity contribution is 0.0137. The summed E-state index contributed by atoms with van der Waals surface area (Å²) in [6, 6.07) is 2.08. The van der Waals surface area contributed by atoms with Gasteiger partial charge in [-0.2, -0.15) is 5.26 Å². The van der Waals surface area contributed by atoms with Gasteiger partial charge >= 0.3 is 0 Å². The molecule has 0 fully saturated rings. The molecule has 0 aromatic rings. The van der Waals surface area contributed by atoms with Crippen molar-refractivity contribution in [2.24, 2.45) is 0 Å². The molecule has 0 aromatic heterocycles. The Kier molecular flexibility index (Phi) is 8.50. The summed E-state index contributed by atoms with van der Waals surface area (Å²) in [6.07, 6.45) is 1.26. The fourth-order valence-corrected chi connectivity index (χ4v) is 1.33. The zero-order chi connectivity index (χ0) is 13.1. The molecule has 96 valence electrons. The molecular formula is C14H24N2O. The van der Waals surface area contributed by atoms with Crippen molar-refractivity contribution in [1.29, 1.82) is 5.26 Å². The topological polar surface area (TPSA) is 36.3 Å². The van der Waals surface area contributed by atoms with Gasteiger partial charge in [-0.1, -0.05) is 32.6 Å². The molecule has 0 spiro atoms. The molecule has 0 amide bonds. The monoisotopic (exact) mass is 236 g/mol. The molecule has 1 atom stereocenters. The van der Waals surface area contributed by atoms with Gasteiger partial charge in [0.15, 0.2) is 0 Å². The second kappa shape index (κ2) is 9.05. The smallest absolute Gasteiger partial charge is 0.125 e. The average Bonchev–Trinajstić information content (AvgIpc) is 2.35. The Balaban J connectivity index is 4.26. The third kappa shape index (κ3) is 7.00. The molecule has 0 radical (unpaired) electrons. The van der Waals surface area contributed by atoms with Gasteiger partial charge in [-0.15, -0.1) is 0 Å². The third-order valence-electron chi connectivity index (χ3n) is 2.86. The Morgan fingerprint density at radius 1 is 1.24 bits per heavy atom. The summed E-state index contributed by atoms with van der Waals surface area (Å²) in [4.78, 5) is 2.26.